The Bertz CT molecular complexity index is 1020. The number of hydrogen-bond donors (Lipinski definition) is 0. The Kier molecular flexibility index (Phi) is 1.58. The summed E-state index contributed by atoms with van der Waals surface area (Å²) in [5.41, 5.74) is 7.00. The predicted molar refractivity (Wildman–Crippen MR) is 97.6 cm³/mol. The quantitative estimate of drug-likeness (QED) is 0.741. The molecule has 8 atom stereocenters. The lowest BCUT2D eigenvalue weighted by Crippen LogP contribution is -2.83. The van der Waals surface area contributed by atoms with Crippen molar-refractivity contribution in [1.82, 2.24) is 0 Å². The Hall–Kier alpha value is -1.60. The highest BCUT2D eigenvalue weighted by Gasteiger charge is 3.02. The highest BCUT2D eigenvalue weighted by molar-refractivity contribution is 5.68. The van der Waals surface area contributed by atoms with Gasteiger partial charge >= 0.3 is 0 Å². The van der Waals surface area contributed by atoms with Crippen molar-refractivity contribution in [1.29, 1.82) is 0 Å². The summed E-state index contributed by atoms with van der Waals surface area (Å²) in [4.78, 5) is 0. The Morgan fingerprint density at radius 3 is 2.27 bits per heavy atom. The van der Waals surface area contributed by atoms with E-state index in [1.54, 1.807) is 17.5 Å². The summed E-state index contributed by atoms with van der Waals surface area (Å²) in [6.07, 6.45) is 2.99. The van der Waals surface area contributed by atoms with Crippen LogP contribution in [-0.2, 0) is 10.3 Å². The minimum atomic E-state index is -0.187. The van der Waals surface area contributed by atoms with Crippen LogP contribution in [0.5, 0.6) is 0 Å². The predicted octanol–water partition coefficient (Wildman–Crippen LogP) is 4.55. The second-order valence-electron chi connectivity index (χ2n) is 10.4. The van der Waals surface area contributed by atoms with Crippen LogP contribution in [-0.4, -0.2) is 7.11 Å². The van der Waals surface area contributed by atoms with Gasteiger partial charge in [-0.2, -0.15) is 0 Å². The molecule has 0 aliphatic heterocycles. The standard InChI is InChI=1S/C25H22O/c1-26-25-16-8-4-2-6-12(16)20(13-7-3-5-9-17(13)25)24-18-10-14-19-15(18)11-23(24,25)22(19)21(14)24/h2-9,14-15,18-22H,10-11H2,1H3. The monoisotopic (exact) mass is 338 g/mol. The first kappa shape index (κ1) is 12.7. The van der Waals surface area contributed by atoms with Gasteiger partial charge in [0.25, 0.3) is 0 Å². The number of methoxy groups -OCH3 is 1. The zero-order valence-electron chi connectivity index (χ0n) is 15.0. The average Bonchev–Trinajstić information content (AvgIpc) is 3.16. The van der Waals surface area contributed by atoms with Crippen molar-refractivity contribution in [2.75, 3.05) is 7.11 Å². The summed E-state index contributed by atoms with van der Waals surface area (Å²) in [5.74, 6) is 6.72. The summed E-state index contributed by atoms with van der Waals surface area (Å²) in [7, 11) is 2.02. The van der Waals surface area contributed by atoms with Crippen LogP contribution in [0.3, 0.4) is 0 Å². The van der Waals surface area contributed by atoms with Crippen molar-refractivity contribution in [3.63, 3.8) is 0 Å². The number of rotatable bonds is 1. The van der Waals surface area contributed by atoms with E-state index in [0.717, 1.165) is 35.5 Å². The SMILES string of the molecule is COC12c3ccccc3C(c3ccccc31)C13C4CC5C6C4CC21C6C53. The van der Waals surface area contributed by atoms with Gasteiger partial charge in [-0.15, -0.1) is 0 Å². The van der Waals surface area contributed by atoms with Crippen molar-refractivity contribution < 1.29 is 4.74 Å². The highest BCUT2D eigenvalue weighted by Crippen LogP contribution is 3.05. The molecule has 2 aromatic carbocycles. The van der Waals surface area contributed by atoms with Crippen molar-refractivity contribution in [2.45, 2.75) is 24.4 Å². The minimum absolute atomic E-state index is 0.187. The van der Waals surface area contributed by atoms with E-state index < -0.39 is 0 Å². The van der Waals surface area contributed by atoms with E-state index in [9.17, 15) is 0 Å². The first-order chi connectivity index (χ1) is 12.8. The first-order valence-electron chi connectivity index (χ1n) is 10.6. The van der Waals surface area contributed by atoms with Crippen LogP contribution in [0, 0.1) is 46.3 Å². The van der Waals surface area contributed by atoms with Crippen LogP contribution >= 0.6 is 0 Å². The Morgan fingerprint density at radius 1 is 0.885 bits per heavy atom. The lowest BCUT2D eigenvalue weighted by Gasteiger charge is -2.85. The number of ether oxygens (including phenoxy) is 1. The zero-order chi connectivity index (χ0) is 16.6. The second-order valence-corrected chi connectivity index (χ2v) is 10.4. The topological polar surface area (TPSA) is 9.23 Å². The van der Waals surface area contributed by atoms with Gasteiger partial charge < -0.3 is 4.74 Å². The summed E-state index contributed by atoms with van der Waals surface area (Å²) < 4.78 is 6.79. The van der Waals surface area contributed by atoms with E-state index in [1.807, 2.05) is 7.11 Å². The number of benzene rings is 2. The van der Waals surface area contributed by atoms with Crippen molar-refractivity contribution in [3.05, 3.63) is 70.8 Å². The van der Waals surface area contributed by atoms with Gasteiger partial charge in [0.15, 0.2) is 0 Å². The van der Waals surface area contributed by atoms with Crippen molar-refractivity contribution >= 4 is 0 Å². The van der Waals surface area contributed by atoms with Crippen LogP contribution in [0.25, 0.3) is 0 Å². The lowest BCUT2D eigenvalue weighted by molar-refractivity contribution is -0.368. The van der Waals surface area contributed by atoms with E-state index in [-0.39, 0.29) is 5.60 Å². The van der Waals surface area contributed by atoms with Crippen LogP contribution < -0.4 is 0 Å². The summed E-state index contributed by atoms with van der Waals surface area (Å²) in [6, 6.07) is 18.7. The average molecular weight is 338 g/mol. The second kappa shape index (κ2) is 3.22. The number of hydrogen-bond acceptors (Lipinski definition) is 1. The molecule has 6 fully saturated rings. The van der Waals surface area contributed by atoms with Crippen molar-refractivity contribution in [2.24, 2.45) is 46.3 Å². The van der Waals surface area contributed by atoms with Gasteiger partial charge in [0.2, 0.25) is 0 Å². The molecule has 0 aromatic heterocycles. The van der Waals surface area contributed by atoms with Gasteiger partial charge in [0.1, 0.15) is 5.60 Å². The van der Waals surface area contributed by atoms with E-state index >= 15 is 0 Å². The van der Waals surface area contributed by atoms with Gasteiger partial charge in [-0.3, -0.25) is 0 Å². The molecular formula is C25H22O. The maximum absolute atomic E-state index is 6.79. The fourth-order valence-electron chi connectivity index (χ4n) is 11.6. The maximum atomic E-state index is 6.79. The smallest absolute Gasteiger partial charge is 0.125 e. The Labute approximate surface area is 153 Å². The van der Waals surface area contributed by atoms with Gasteiger partial charge in [-0.1, -0.05) is 48.5 Å². The third-order valence-corrected chi connectivity index (χ3v) is 11.1. The van der Waals surface area contributed by atoms with Crippen LogP contribution in [0.2, 0.25) is 0 Å². The van der Waals surface area contributed by atoms with Gasteiger partial charge in [-0.25, -0.2) is 0 Å². The minimum Gasteiger partial charge on any atom is -0.368 e. The molecule has 26 heavy (non-hydrogen) atoms. The van der Waals surface area contributed by atoms with Crippen molar-refractivity contribution in [3.8, 4) is 0 Å². The molecule has 0 heterocycles. The van der Waals surface area contributed by atoms with Gasteiger partial charge in [-0.05, 0) is 76.0 Å². The van der Waals surface area contributed by atoms with Gasteiger partial charge in [0, 0.05) is 18.4 Å². The molecule has 2 spiro atoms. The molecule has 2 aromatic rings. The summed E-state index contributed by atoms with van der Waals surface area (Å²) in [5, 5.41) is 0. The normalized spacial score (nSPS) is 58.9. The van der Waals surface area contributed by atoms with Crippen LogP contribution in [0.15, 0.2) is 48.5 Å². The Morgan fingerprint density at radius 2 is 1.58 bits per heavy atom. The molecule has 9 aliphatic carbocycles. The molecule has 0 radical (unpaired) electrons. The fraction of sp³-hybridized carbons (Fsp3) is 0.520. The molecule has 1 heteroatoms. The van der Waals surface area contributed by atoms with E-state index in [1.165, 1.54) is 17.5 Å². The maximum Gasteiger partial charge on any atom is 0.125 e. The molecule has 128 valence electrons. The van der Waals surface area contributed by atoms with Crippen LogP contribution in [0.1, 0.15) is 41.0 Å². The third-order valence-electron chi connectivity index (χ3n) is 11.1. The molecular weight excluding hydrogens is 316 g/mol. The van der Waals surface area contributed by atoms with E-state index in [2.05, 4.69) is 48.5 Å². The zero-order valence-corrected chi connectivity index (χ0v) is 15.0. The molecule has 0 saturated heterocycles. The van der Waals surface area contributed by atoms with Crippen LogP contribution in [0.4, 0.5) is 0 Å². The lowest BCUT2D eigenvalue weighted by atomic mass is 9.19. The molecule has 0 N–H and O–H groups in total. The third kappa shape index (κ3) is 0.732. The van der Waals surface area contributed by atoms with Gasteiger partial charge in [0.05, 0.1) is 0 Å². The molecule has 0 amide bonds. The largest absolute Gasteiger partial charge is 0.368 e. The Balaban J connectivity index is 1.54. The fourth-order valence-corrected chi connectivity index (χ4v) is 11.6. The molecule has 6 bridgehead atoms. The summed E-state index contributed by atoms with van der Waals surface area (Å²) in [6.45, 7) is 0. The molecule has 8 unspecified atom stereocenters. The van der Waals surface area contributed by atoms with E-state index in [4.69, 9.17) is 4.74 Å². The summed E-state index contributed by atoms with van der Waals surface area (Å²) >= 11 is 0. The molecule has 1 nitrogen and oxygen atoms in total. The van der Waals surface area contributed by atoms with E-state index in [0.29, 0.717) is 16.7 Å². The molecule has 6 saturated carbocycles. The molecule has 11 rings (SSSR count). The first-order valence-corrected chi connectivity index (χ1v) is 10.6. The highest BCUT2D eigenvalue weighted by atomic mass is 16.5. The molecule has 9 aliphatic rings.